The monoisotopic (exact) mass is 382 g/mol. The molecule has 0 saturated carbocycles. The van der Waals surface area contributed by atoms with E-state index in [1.54, 1.807) is 24.3 Å². The Morgan fingerprint density at radius 2 is 1.79 bits per heavy atom. The topological polar surface area (TPSA) is 67.9 Å². The van der Waals surface area contributed by atoms with Gasteiger partial charge >= 0.3 is 5.97 Å². The molecular formula is C22H26N2O4. The average molecular weight is 382 g/mol. The number of nitrogens with zero attached hydrogens (tertiary/aromatic N) is 1. The number of carbonyl (C=O) groups is 2. The van der Waals surface area contributed by atoms with Gasteiger partial charge in [-0.25, -0.2) is 0 Å². The van der Waals surface area contributed by atoms with Crippen LogP contribution in [0.1, 0.15) is 27.2 Å². The minimum atomic E-state index is -0.557. The van der Waals surface area contributed by atoms with Crippen LogP contribution in [0.2, 0.25) is 0 Å². The van der Waals surface area contributed by atoms with Crippen LogP contribution >= 0.6 is 0 Å². The third-order valence-electron chi connectivity index (χ3n) is 4.58. The average Bonchev–Trinajstić information content (AvgIpc) is 2.65. The third-order valence-corrected chi connectivity index (χ3v) is 4.58. The van der Waals surface area contributed by atoms with Crippen LogP contribution in [0.4, 0.5) is 5.69 Å². The number of hydrogen-bond acceptors (Lipinski definition) is 5. The van der Waals surface area contributed by atoms with Crippen LogP contribution in [0, 0.1) is 0 Å². The summed E-state index contributed by atoms with van der Waals surface area (Å²) in [4.78, 5) is 26.8. The molecule has 0 radical (unpaired) electrons. The Morgan fingerprint density at radius 1 is 1.14 bits per heavy atom. The molecule has 3 rings (SSSR count). The van der Waals surface area contributed by atoms with Crippen molar-refractivity contribution in [1.82, 2.24) is 4.90 Å². The molecule has 1 atom stereocenters. The molecule has 1 fully saturated rings. The first-order valence-corrected chi connectivity index (χ1v) is 9.46. The smallest absolute Gasteiger partial charge is 0.324 e. The van der Waals surface area contributed by atoms with Gasteiger partial charge in [0.2, 0.25) is 5.91 Å². The molecule has 0 aromatic heterocycles. The van der Waals surface area contributed by atoms with Gasteiger partial charge in [-0.2, -0.15) is 0 Å². The molecule has 1 amide bonds. The van der Waals surface area contributed by atoms with Gasteiger partial charge in [0.1, 0.15) is 23.1 Å². The van der Waals surface area contributed by atoms with Gasteiger partial charge in [-0.15, -0.1) is 0 Å². The van der Waals surface area contributed by atoms with Crippen molar-refractivity contribution in [1.29, 1.82) is 0 Å². The third kappa shape index (κ3) is 5.10. The van der Waals surface area contributed by atoms with E-state index in [0.29, 0.717) is 24.5 Å². The van der Waals surface area contributed by atoms with Gasteiger partial charge in [0.05, 0.1) is 6.42 Å². The second-order valence-electron chi connectivity index (χ2n) is 7.45. The van der Waals surface area contributed by atoms with E-state index in [-0.39, 0.29) is 18.3 Å². The molecule has 6 nitrogen and oxygen atoms in total. The first-order valence-electron chi connectivity index (χ1n) is 9.46. The Morgan fingerprint density at radius 3 is 2.43 bits per heavy atom. The predicted molar refractivity (Wildman–Crippen MR) is 107 cm³/mol. The van der Waals surface area contributed by atoms with Crippen LogP contribution in [0.15, 0.2) is 54.6 Å². The zero-order chi connectivity index (χ0) is 20.1. The highest BCUT2D eigenvalue weighted by molar-refractivity contribution is 5.94. The van der Waals surface area contributed by atoms with Crippen LogP contribution < -0.4 is 10.1 Å². The van der Waals surface area contributed by atoms with Gasteiger partial charge < -0.3 is 14.8 Å². The van der Waals surface area contributed by atoms with Crippen molar-refractivity contribution in [3.63, 3.8) is 0 Å². The number of para-hydroxylation sites is 1. The zero-order valence-corrected chi connectivity index (χ0v) is 16.5. The second-order valence-corrected chi connectivity index (χ2v) is 7.45. The van der Waals surface area contributed by atoms with Crippen molar-refractivity contribution >= 4 is 17.6 Å². The number of esters is 1. The number of carbonyl (C=O) groups excluding carboxylic acids is 2. The van der Waals surface area contributed by atoms with Gasteiger partial charge in [0.15, 0.2) is 0 Å². The maximum Gasteiger partial charge on any atom is 0.324 e. The predicted octanol–water partition coefficient (Wildman–Crippen LogP) is 3.83. The van der Waals surface area contributed by atoms with E-state index in [4.69, 9.17) is 9.47 Å². The van der Waals surface area contributed by atoms with Crippen LogP contribution in [0.25, 0.3) is 0 Å². The van der Waals surface area contributed by atoms with Gasteiger partial charge in [-0.05, 0) is 56.8 Å². The van der Waals surface area contributed by atoms with E-state index in [9.17, 15) is 9.59 Å². The number of rotatable bonds is 6. The molecule has 1 aliphatic rings. The van der Waals surface area contributed by atoms with Crippen LogP contribution in [-0.2, 0) is 14.3 Å². The molecule has 6 heteroatoms. The highest BCUT2D eigenvalue weighted by Gasteiger charge is 2.40. The number of nitrogens with one attached hydrogen (secondary N) is 1. The fourth-order valence-electron chi connectivity index (χ4n) is 3.28. The lowest BCUT2D eigenvalue weighted by Gasteiger charge is -2.41. The molecule has 1 heterocycles. The van der Waals surface area contributed by atoms with E-state index in [0.717, 1.165) is 5.75 Å². The quantitative estimate of drug-likeness (QED) is 0.769. The van der Waals surface area contributed by atoms with Crippen molar-refractivity contribution in [3.8, 4) is 11.5 Å². The number of likely N-dealkylation sites (N-methyl/N-ethyl adjacent to an activating group) is 1. The number of anilines is 1. The molecule has 28 heavy (non-hydrogen) atoms. The van der Waals surface area contributed by atoms with Crippen LogP contribution in [-0.4, -0.2) is 41.5 Å². The fourth-order valence-corrected chi connectivity index (χ4v) is 3.28. The molecule has 1 unspecified atom stereocenters. The summed E-state index contributed by atoms with van der Waals surface area (Å²) in [6, 6.07) is 16.1. The largest absolute Gasteiger partial charge is 0.457 e. The van der Waals surface area contributed by atoms with Gasteiger partial charge in [-0.3, -0.25) is 14.5 Å². The van der Waals surface area contributed by atoms with Crippen molar-refractivity contribution in [2.75, 3.05) is 18.4 Å². The Kier molecular flexibility index (Phi) is 5.99. The number of morpholine rings is 1. The van der Waals surface area contributed by atoms with Crippen LogP contribution in [0.5, 0.6) is 11.5 Å². The summed E-state index contributed by atoms with van der Waals surface area (Å²) < 4.78 is 11.2. The number of hydrogen-bond donors (Lipinski definition) is 1. The maximum absolute atomic E-state index is 12.4. The van der Waals surface area contributed by atoms with Gasteiger partial charge in [0.25, 0.3) is 0 Å². The lowest BCUT2D eigenvalue weighted by molar-refractivity contribution is -0.178. The molecule has 0 spiro atoms. The van der Waals surface area contributed by atoms with E-state index in [1.165, 1.54) is 0 Å². The molecule has 1 aliphatic heterocycles. The standard InChI is InChI=1S/C22H26N2O4/c1-4-24-15-22(2,3)28-21(26)19(24)14-20(25)23-16-10-12-18(13-11-16)27-17-8-6-5-7-9-17/h5-13,19H,4,14-15H2,1-3H3,(H,23,25). The molecule has 0 aliphatic carbocycles. The molecule has 2 aromatic rings. The number of amides is 1. The number of benzene rings is 2. The van der Waals surface area contributed by atoms with E-state index in [1.807, 2.05) is 56.0 Å². The molecule has 0 bridgehead atoms. The first kappa shape index (κ1) is 19.9. The van der Waals surface area contributed by atoms with Crippen molar-refractivity contribution < 1.29 is 19.1 Å². The Labute approximate surface area is 165 Å². The SMILES string of the molecule is CCN1CC(C)(C)OC(=O)C1CC(=O)Nc1ccc(Oc2ccccc2)cc1. The van der Waals surface area contributed by atoms with Crippen molar-refractivity contribution in [3.05, 3.63) is 54.6 Å². The number of ether oxygens (including phenoxy) is 2. The van der Waals surface area contributed by atoms with Crippen LogP contribution in [0.3, 0.4) is 0 Å². The van der Waals surface area contributed by atoms with Gasteiger partial charge in [0, 0.05) is 12.2 Å². The minimum absolute atomic E-state index is 0.0605. The summed E-state index contributed by atoms with van der Waals surface area (Å²) >= 11 is 0. The fraction of sp³-hybridized carbons (Fsp3) is 0.364. The highest BCUT2D eigenvalue weighted by atomic mass is 16.6. The van der Waals surface area contributed by atoms with Crippen molar-refractivity contribution in [2.45, 2.75) is 38.8 Å². The molecule has 1 saturated heterocycles. The van der Waals surface area contributed by atoms with E-state index < -0.39 is 11.6 Å². The van der Waals surface area contributed by atoms with Crippen molar-refractivity contribution in [2.24, 2.45) is 0 Å². The lowest BCUT2D eigenvalue weighted by Crippen LogP contribution is -2.57. The lowest BCUT2D eigenvalue weighted by atomic mass is 10.0. The van der Waals surface area contributed by atoms with E-state index >= 15 is 0 Å². The summed E-state index contributed by atoms with van der Waals surface area (Å²) in [5.41, 5.74) is 0.118. The Bertz CT molecular complexity index is 818. The normalized spacial score (nSPS) is 19.0. The summed E-state index contributed by atoms with van der Waals surface area (Å²) in [6.45, 7) is 7.03. The maximum atomic E-state index is 12.4. The minimum Gasteiger partial charge on any atom is -0.457 e. The summed E-state index contributed by atoms with van der Waals surface area (Å²) in [7, 11) is 0. The molecule has 2 aromatic carbocycles. The first-order chi connectivity index (χ1) is 13.4. The highest BCUT2D eigenvalue weighted by Crippen LogP contribution is 2.25. The molecule has 148 valence electrons. The van der Waals surface area contributed by atoms with Gasteiger partial charge in [-0.1, -0.05) is 25.1 Å². The number of cyclic esters (lactones) is 1. The molecule has 1 N–H and O–H groups in total. The molecular weight excluding hydrogens is 356 g/mol. The second kappa shape index (κ2) is 8.44. The Hall–Kier alpha value is -2.86. The summed E-state index contributed by atoms with van der Waals surface area (Å²) in [6.07, 6.45) is 0.0605. The zero-order valence-electron chi connectivity index (χ0n) is 16.5. The summed E-state index contributed by atoms with van der Waals surface area (Å²) in [5, 5.41) is 2.84. The summed E-state index contributed by atoms with van der Waals surface area (Å²) in [5.74, 6) is 0.855. The Balaban J connectivity index is 1.58. The van der Waals surface area contributed by atoms with E-state index in [2.05, 4.69) is 5.32 Å².